The fourth-order valence-corrected chi connectivity index (χ4v) is 4.68. The molecule has 0 aliphatic carbocycles. The van der Waals surface area contributed by atoms with Gasteiger partial charge in [0.1, 0.15) is 11.3 Å². The van der Waals surface area contributed by atoms with Gasteiger partial charge in [0.05, 0.1) is 43.5 Å². The number of anilines is 1. The van der Waals surface area contributed by atoms with E-state index < -0.39 is 45.7 Å². The number of benzene rings is 4. The van der Waals surface area contributed by atoms with Crippen LogP contribution in [0.5, 0.6) is 5.75 Å². The number of aromatic hydroxyl groups is 1. The number of nitrogens with zero attached hydrogens (tertiary/aromatic N) is 1. The van der Waals surface area contributed by atoms with Gasteiger partial charge in [-0.3, -0.25) is 9.59 Å². The molecular weight excluding hydrogens is 712 g/mol. The minimum absolute atomic E-state index is 0.00179. The Kier molecular flexibility index (Phi) is 10.0. The van der Waals surface area contributed by atoms with Crippen molar-refractivity contribution in [1.82, 2.24) is 4.57 Å². The van der Waals surface area contributed by atoms with Crippen LogP contribution >= 0.6 is 46.4 Å². The van der Waals surface area contributed by atoms with Crippen molar-refractivity contribution in [3.63, 3.8) is 0 Å². The largest absolute Gasteiger partial charge is 0.507 e. The molecule has 0 saturated carbocycles. The van der Waals surface area contributed by atoms with Gasteiger partial charge in [-0.05, 0) is 72.8 Å². The first kappa shape index (κ1) is 34.7. The summed E-state index contributed by atoms with van der Waals surface area (Å²) in [6.07, 6.45) is -9.13. The van der Waals surface area contributed by atoms with E-state index in [1.807, 2.05) is 0 Å². The second-order valence-corrected chi connectivity index (χ2v) is 10.8. The van der Waals surface area contributed by atoms with E-state index in [9.17, 15) is 45.8 Å². The molecule has 5 rings (SSSR count). The number of hydrogen-bond acceptors (Lipinski definition) is 5. The molecule has 0 unspecified atom stereocenters. The van der Waals surface area contributed by atoms with Crippen LogP contribution in [0, 0.1) is 0 Å². The molecule has 1 aromatic heterocycles. The number of carbonyl (C=O) groups is 1. The number of aromatic nitrogens is 1. The second-order valence-electron chi connectivity index (χ2n) is 9.12. The number of fused-ring (bicyclic) bond motifs is 1. The Morgan fingerprint density at radius 2 is 1.30 bits per heavy atom. The molecule has 0 spiro atoms. The highest BCUT2D eigenvalue weighted by molar-refractivity contribution is 6.34. The maximum atomic E-state index is 12.7. The fraction of sp³-hybridized carbons (Fsp3) is 0.0690. The predicted molar refractivity (Wildman–Crippen MR) is 161 cm³/mol. The third-order valence-corrected chi connectivity index (χ3v) is 7.10. The molecule has 5 aromatic rings. The van der Waals surface area contributed by atoms with Crippen LogP contribution in [0.3, 0.4) is 0 Å². The third-order valence-electron chi connectivity index (χ3n) is 6.02. The van der Waals surface area contributed by atoms with E-state index in [4.69, 9.17) is 50.8 Å². The Morgan fingerprint density at radius 3 is 1.89 bits per heavy atom. The molecule has 0 radical (unpaired) electrons. The van der Waals surface area contributed by atoms with Gasteiger partial charge in [0.15, 0.2) is 0 Å². The third kappa shape index (κ3) is 7.79. The molecule has 0 atom stereocenters. The number of rotatable bonds is 3. The van der Waals surface area contributed by atoms with Crippen LogP contribution in [0.4, 0.5) is 32.0 Å². The lowest BCUT2D eigenvalue weighted by atomic mass is 10.1. The molecule has 0 saturated heterocycles. The number of amides is 1. The Bertz CT molecular complexity index is 2100. The average Bonchev–Trinajstić information content (AvgIpc) is 2.96. The first-order valence-electron chi connectivity index (χ1n) is 12.3. The van der Waals surface area contributed by atoms with Gasteiger partial charge in [-0.15, -0.1) is 0 Å². The molecule has 7 nitrogen and oxygen atoms in total. The summed E-state index contributed by atoms with van der Waals surface area (Å²) in [6.45, 7) is 0. The number of phenols is 1. The Morgan fingerprint density at radius 1 is 0.739 bits per heavy atom. The monoisotopic (exact) mass is 724 g/mol. The molecular formula is C29H14Cl4F6N2O5. The van der Waals surface area contributed by atoms with Gasteiger partial charge in [0.25, 0.3) is 11.5 Å². The maximum absolute atomic E-state index is 12.7. The van der Waals surface area contributed by atoms with Crippen molar-refractivity contribution >= 4 is 69.0 Å². The average molecular weight is 726 g/mol. The lowest BCUT2D eigenvalue weighted by Gasteiger charge is -2.11. The van der Waals surface area contributed by atoms with Crippen molar-refractivity contribution in [1.29, 1.82) is 0 Å². The van der Waals surface area contributed by atoms with Crippen molar-refractivity contribution in [3.8, 4) is 11.4 Å². The quantitative estimate of drug-likeness (QED) is 0.181. The number of alkyl halides is 6. The summed E-state index contributed by atoms with van der Waals surface area (Å²) < 4.78 is 81.2. The highest BCUT2D eigenvalue weighted by Gasteiger charge is 2.32. The van der Waals surface area contributed by atoms with Gasteiger partial charge in [0, 0.05) is 10.0 Å². The second kappa shape index (κ2) is 13.3. The smallest absolute Gasteiger partial charge is 0.427 e. The van der Waals surface area contributed by atoms with E-state index in [1.165, 1.54) is 36.4 Å². The summed E-state index contributed by atoms with van der Waals surface area (Å²) in [4.78, 5) is 36.6. The van der Waals surface area contributed by atoms with Crippen LogP contribution < -0.4 is 16.6 Å². The number of nitrogens with one attached hydrogen (secondary N) is 1. The zero-order valence-corrected chi connectivity index (χ0v) is 25.3. The zero-order chi connectivity index (χ0) is 34.1. The number of phenolic OH excluding ortho intramolecular Hbond substituents is 1. The van der Waals surface area contributed by atoms with Gasteiger partial charge in [0.2, 0.25) is 0 Å². The minimum atomic E-state index is -4.60. The summed E-state index contributed by atoms with van der Waals surface area (Å²) in [5.74, 6) is -2.14. The van der Waals surface area contributed by atoms with Crippen LogP contribution in [0.1, 0.15) is 21.5 Å². The molecule has 0 aliphatic rings. The topological polar surface area (TPSA) is 102 Å². The highest BCUT2D eigenvalue weighted by atomic mass is 35.5. The molecule has 17 heteroatoms. The van der Waals surface area contributed by atoms with E-state index in [1.54, 1.807) is 0 Å². The summed E-state index contributed by atoms with van der Waals surface area (Å²) >= 11 is 23.1. The van der Waals surface area contributed by atoms with Crippen molar-refractivity contribution < 1.29 is 40.7 Å². The van der Waals surface area contributed by atoms with E-state index in [0.717, 1.165) is 24.3 Å². The zero-order valence-electron chi connectivity index (χ0n) is 22.2. The van der Waals surface area contributed by atoms with Gasteiger partial charge in [-0.2, -0.15) is 26.3 Å². The molecule has 240 valence electrons. The summed E-state index contributed by atoms with van der Waals surface area (Å²) in [5.41, 5.74) is -3.08. The summed E-state index contributed by atoms with van der Waals surface area (Å²) in [7, 11) is 0. The number of halogens is 10. The first-order chi connectivity index (χ1) is 21.4. The molecule has 2 N–H and O–H groups in total. The van der Waals surface area contributed by atoms with Gasteiger partial charge in [-0.25, -0.2) is 9.36 Å². The van der Waals surface area contributed by atoms with E-state index >= 15 is 0 Å². The van der Waals surface area contributed by atoms with E-state index in [-0.39, 0.29) is 48.7 Å². The predicted octanol–water partition coefficient (Wildman–Crippen LogP) is 9.24. The fourth-order valence-electron chi connectivity index (χ4n) is 3.85. The van der Waals surface area contributed by atoms with Gasteiger partial charge in [-0.1, -0.05) is 46.4 Å². The van der Waals surface area contributed by atoms with Crippen LogP contribution in [-0.2, 0) is 12.4 Å². The van der Waals surface area contributed by atoms with Gasteiger partial charge < -0.3 is 14.8 Å². The molecule has 1 amide bonds. The maximum Gasteiger partial charge on any atom is 0.427 e. The number of hydrogen-bond donors (Lipinski definition) is 2. The van der Waals surface area contributed by atoms with Crippen LogP contribution in [0.2, 0.25) is 20.1 Å². The normalized spacial score (nSPS) is 11.6. The SMILES string of the molecule is O=C(Nc1ccc(C(F)(F)F)cc1Cl)c1cc(Cl)ccc1O.O=c1oc2ccc(Cl)cc2c(=O)n1-c1ccc(C(F)(F)F)cc1Cl. The van der Waals surface area contributed by atoms with Crippen LogP contribution in [0.25, 0.3) is 16.7 Å². The summed E-state index contributed by atoms with van der Waals surface area (Å²) in [6, 6.07) is 12.7. The molecule has 1 heterocycles. The number of carbonyl (C=O) groups excluding carboxylic acids is 1. The molecule has 0 fully saturated rings. The standard InChI is InChI=1S/C15H6Cl2F3NO3.C14H8Cl2F3NO2/c16-8-2-4-12-9(6-8)13(22)21(14(23)24-12)11-3-1-7(5-10(11)17)15(18,19)20;15-8-2-4-12(21)9(6-8)13(22)20-11-3-1-7(5-10(11)16)14(17,18)19/h1-6H;1-6,21H,(H,20,22). The van der Waals surface area contributed by atoms with E-state index in [0.29, 0.717) is 16.7 Å². The minimum Gasteiger partial charge on any atom is -0.507 e. The first-order valence-corrected chi connectivity index (χ1v) is 13.8. The van der Waals surface area contributed by atoms with Crippen molar-refractivity contribution in [2.45, 2.75) is 12.4 Å². The molecule has 0 aliphatic heterocycles. The summed E-state index contributed by atoms with van der Waals surface area (Å²) in [5, 5.41) is 11.7. The lowest BCUT2D eigenvalue weighted by molar-refractivity contribution is -0.138. The Labute approximate surface area is 273 Å². The van der Waals surface area contributed by atoms with Crippen molar-refractivity contribution in [3.05, 3.63) is 130 Å². The van der Waals surface area contributed by atoms with E-state index in [2.05, 4.69) is 5.32 Å². The van der Waals surface area contributed by atoms with Crippen molar-refractivity contribution in [2.75, 3.05) is 5.32 Å². The molecule has 0 bridgehead atoms. The van der Waals surface area contributed by atoms with Crippen molar-refractivity contribution in [2.24, 2.45) is 0 Å². The highest BCUT2D eigenvalue weighted by Crippen LogP contribution is 2.35. The van der Waals surface area contributed by atoms with Gasteiger partial charge >= 0.3 is 18.1 Å². The molecule has 4 aromatic carbocycles. The Balaban J connectivity index is 0.000000210. The lowest BCUT2D eigenvalue weighted by Crippen LogP contribution is -2.31. The molecule has 46 heavy (non-hydrogen) atoms. The van der Waals surface area contributed by atoms with Crippen LogP contribution in [-0.4, -0.2) is 15.6 Å². The van der Waals surface area contributed by atoms with Crippen LogP contribution in [0.15, 0.2) is 86.8 Å². The Hall–Kier alpha value is -4.17.